The van der Waals surface area contributed by atoms with Gasteiger partial charge in [-0.25, -0.2) is 4.39 Å². The molecule has 1 fully saturated rings. The first-order chi connectivity index (χ1) is 8.20. The fourth-order valence-electron chi connectivity index (χ4n) is 2.19. The SMILES string of the molecule is COCC(NC(C)c1cccc(F)c1)C1CC1. The Hall–Kier alpha value is -0.930. The third-order valence-electron chi connectivity index (χ3n) is 3.35. The topological polar surface area (TPSA) is 21.3 Å². The molecular weight excluding hydrogens is 217 g/mol. The Morgan fingerprint density at radius 2 is 2.24 bits per heavy atom. The summed E-state index contributed by atoms with van der Waals surface area (Å²) in [7, 11) is 1.73. The second kappa shape index (κ2) is 5.61. The van der Waals surface area contributed by atoms with Gasteiger partial charge in [-0.2, -0.15) is 0 Å². The molecule has 1 saturated carbocycles. The van der Waals surface area contributed by atoms with Gasteiger partial charge in [0.2, 0.25) is 0 Å². The minimum Gasteiger partial charge on any atom is -0.383 e. The van der Waals surface area contributed by atoms with E-state index in [1.807, 2.05) is 6.07 Å². The van der Waals surface area contributed by atoms with E-state index in [-0.39, 0.29) is 11.9 Å². The summed E-state index contributed by atoms with van der Waals surface area (Å²) in [5.74, 6) is 0.553. The number of hydrogen-bond donors (Lipinski definition) is 1. The van der Waals surface area contributed by atoms with E-state index in [1.165, 1.54) is 18.9 Å². The number of nitrogens with one attached hydrogen (secondary N) is 1. The number of benzene rings is 1. The van der Waals surface area contributed by atoms with Gasteiger partial charge < -0.3 is 10.1 Å². The molecule has 1 aliphatic rings. The normalized spacial score (nSPS) is 19.0. The highest BCUT2D eigenvalue weighted by Crippen LogP contribution is 2.33. The molecule has 2 nitrogen and oxygen atoms in total. The quantitative estimate of drug-likeness (QED) is 0.821. The Kier molecular flexibility index (Phi) is 4.13. The van der Waals surface area contributed by atoms with E-state index in [9.17, 15) is 4.39 Å². The van der Waals surface area contributed by atoms with Gasteiger partial charge in [0.15, 0.2) is 0 Å². The van der Waals surface area contributed by atoms with Crippen molar-refractivity contribution >= 4 is 0 Å². The Morgan fingerprint density at radius 1 is 1.47 bits per heavy atom. The first-order valence-electron chi connectivity index (χ1n) is 6.21. The highest BCUT2D eigenvalue weighted by Gasteiger charge is 2.31. The highest BCUT2D eigenvalue weighted by atomic mass is 19.1. The molecule has 17 heavy (non-hydrogen) atoms. The maximum absolute atomic E-state index is 13.1. The number of ether oxygens (including phenoxy) is 1. The van der Waals surface area contributed by atoms with Crippen LogP contribution in [-0.4, -0.2) is 19.8 Å². The molecule has 3 heteroatoms. The summed E-state index contributed by atoms with van der Waals surface area (Å²) in [5, 5.41) is 3.53. The molecule has 0 aliphatic heterocycles. The standard InChI is InChI=1S/C14H20FNO/c1-10(12-4-3-5-13(15)8-12)16-14(9-17-2)11-6-7-11/h3-5,8,10-11,14,16H,6-7,9H2,1-2H3. The fraction of sp³-hybridized carbons (Fsp3) is 0.571. The Morgan fingerprint density at radius 3 is 2.82 bits per heavy atom. The third-order valence-corrected chi connectivity index (χ3v) is 3.35. The molecule has 2 unspecified atom stereocenters. The molecule has 0 heterocycles. The van der Waals surface area contributed by atoms with Crippen LogP contribution in [0, 0.1) is 11.7 Å². The van der Waals surface area contributed by atoms with Crippen LogP contribution in [0.15, 0.2) is 24.3 Å². The van der Waals surface area contributed by atoms with E-state index in [1.54, 1.807) is 19.2 Å². The fourth-order valence-corrected chi connectivity index (χ4v) is 2.19. The van der Waals surface area contributed by atoms with Crippen molar-refractivity contribution in [2.24, 2.45) is 5.92 Å². The highest BCUT2D eigenvalue weighted by molar-refractivity contribution is 5.19. The zero-order valence-corrected chi connectivity index (χ0v) is 10.4. The van der Waals surface area contributed by atoms with Crippen LogP contribution in [0.3, 0.4) is 0 Å². The lowest BCUT2D eigenvalue weighted by molar-refractivity contribution is 0.152. The lowest BCUT2D eigenvalue weighted by atomic mass is 10.1. The summed E-state index contributed by atoms with van der Waals surface area (Å²) in [6.45, 7) is 2.80. The zero-order chi connectivity index (χ0) is 12.3. The van der Waals surface area contributed by atoms with Crippen molar-refractivity contribution in [2.75, 3.05) is 13.7 Å². The van der Waals surface area contributed by atoms with Crippen LogP contribution in [0.5, 0.6) is 0 Å². The van der Waals surface area contributed by atoms with Crippen LogP contribution in [0.25, 0.3) is 0 Å². The Bertz CT molecular complexity index is 365. The summed E-state index contributed by atoms with van der Waals surface area (Å²) in [6.07, 6.45) is 2.55. The molecule has 0 spiro atoms. The molecule has 0 radical (unpaired) electrons. The van der Waals surface area contributed by atoms with Gasteiger partial charge in [-0.3, -0.25) is 0 Å². The number of rotatable bonds is 6. The van der Waals surface area contributed by atoms with Crippen molar-refractivity contribution in [3.63, 3.8) is 0 Å². The van der Waals surface area contributed by atoms with E-state index in [0.717, 1.165) is 18.1 Å². The molecule has 2 rings (SSSR count). The summed E-state index contributed by atoms with van der Waals surface area (Å²) < 4.78 is 18.4. The van der Waals surface area contributed by atoms with Crippen LogP contribution < -0.4 is 5.32 Å². The van der Waals surface area contributed by atoms with E-state index in [0.29, 0.717) is 6.04 Å². The summed E-state index contributed by atoms with van der Waals surface area (Å²) in [6, 6.07) is 7.32. The van der Waals surface area contributed by atoms with Crippen molar-refractivity contribution < 1.29 is 9.13 Å². The van der Waals surface area contributed by atoms with E-state index in [2.05, 4.69) is 12.2 Å². The number of methoxy groups -OCH3 is 1. The first kappa shape index (κ1) is 12.5. The number of halogens is 1. The van der Waals surface area contributed by atoms with Gasteiger partial charge in [0, 0.05) is 19.2 Å². The van der Waals surface area contributed by atoms with Gasteiger partial charge in [-0.05, 0) is 43.4 Å². The van der Waals surface area contributed by atoms with Gasteiger partial charge in [-0.1, -0.05) is 12.1 Å². The molecular formula is C14H20FNO. The molecule has 0 saturated heterocycles. The minimum atomic E-state index is -0.175. The van der Waals surface area contributed by atoms with Crippen molar-refractivity contribution in [1.29, 1.82) is 0 Å². The molecule has 94 valence electrons. The van der Waals surface area contributed by atoms with E-state index in [4.69, 9.17) is 4.74 Å². The predicted molar refractivity (Wildman–Crippen MR) is 66.3 cm³/mol. The molecule has 0 aromatic heterocycles. The van der Waals surface area contributed by atoms with Crippen molar-refractivity contribution in [2.45, 2.75) is 31.8 Å². The number of hydrogen-bond acceptors (Lipinski definition) is 2. The Balaban J connectivity index is 1.96. The van der Waals surface area contributed by atoms with Crippen molar-refractivity contribution in [1.82, 2.24) is 5.32 Å². The largest absolute Gasteiger partial charge is 0.383 e. The minimum absolute atomic E-state index is 0.159. The van der Waals surface area contributed by atoms with Gasteiger partial charge in [0.25, 0.3) is 0 Å². The van der Waals surface area contributed by atoms with Crippen molar-refractivity contribution in [3.8, 4) is 0 Å². The van der Waals surface area contributed by atoms with Gasteiger partial charge >= 0.3 is 0 Å². The summed E-state index contributed by atoms with van der Waals surface area (Å²) >= 11 is 0. The lowest BCUT2D eigenvalue weighted by Crippen LogP contribution is -2.37. The molecule has 1 aliphatic carbocycles. The zero-order valence-electron chi connectivity index (χ0n) is 10.4. The second-order valence-corrected chi connectivity index (χ2v) is 4.84. The van der Waals surface area contributed by atoms with E-state index < -0.39 is 0 Å². The second-order valence-electron chi connectivity index (χ2n) is 4.84. The third kappa shape index (κ3) is 3.51. The van der Waals surface area contributed by atoms with Crippen LogP contribution in [0.2, 0.25) is 0 Å². The van der Waals surface area contributed by atoms with Crippen LogP contribution in [0.4, 0.5) is 4.39 Å². The lowest BCUT2D eigenvalue weighted by Gasteiger charge is -2.23. The first-order valence-corrected chi connectivity index (χ1v) is 6.21. The molecule has 0 bridgehead atoms. The van der Waals surface area contributed by atoms with Gasteiger partial charge in [-0.15, -0.1) is 0 Å². The van der Waals surface area contributed by atoms with Crippen LogP contribution >= 0.6 is 0 Å². The predicted octanol–water partition coefficient (Wildman–Crippen LogP) is 2.90. The summed E-state index contributed by atoms with van der Waals surface area (Å²) in [5.41, 5.74) is 0.992. The average Bonchev–Trinajstić information content (AvgIpc) is 3.12. The molecule has 2 atom stereocenters. The van der Waals surface area contributed by atoms with Gasteiger partial charge in [0.1, 0.15) is 5.82 Å². The van der Waals surface area contributed by atoms with Crippen molar-refractivity contribution in [3.05, 3.63) is 35.6 Å². The maximum Gasteiger partial charge on any atom is 0.123 e. The van der Waals surface area contributed by atoms with Crippen LogP contribution in [0.1, 0.15) is 31.4 Å². The van der Waals surface area contributed by atoms with E-state index >= 15 is 0 Å². The van der Waals surface area contributed by atoms with Crippen LogP contribution in [-0.2, 0) is 4.74 Å². The monoisotopic (exact) mass is 237 g/mol. The molecule has 1 N–H and O–H groups in total. The van der Waals surface area contributed by atoms with Gasteiger partial charge in [0.05, 0.1) is 6.61 Å². The Labute approximate surface area is 102 Å². The smallest absolute Gasteiger partial charge is 0.123 e. The maximum atomic E-state index is 13.1. The average molecular weight is 237 g/mol. The summed E-state index contributed by atoms with van der Waals surface area (Å²) in [4.78, 5) is 0. The molecule has 1 aromatic rings. The molecule has 0 amide bonds. The molecule has 1 aromatic carbocycles.